The predicted molar refractivity (Wildman–Crippen MR) is 81.6 cm³/mol. The molecule has 0 radical (unpaired) electrons. The van der Waals surface area contributed by atoms with Gasteiger partial charge in [0, 0.05) is 11.7 Å². The van der Waals surface area contributed by atoms with E-state index in [2.05, 4.69) is 42.3 Å². The van der Waals surface area contributed by atoms with E-state index in [0.717, 1.165) is 23.6 Å². The number of hydrogen-bond donors (Lipinski definition) is 1. The maximum Gasteiger partial charge on any atom is 0.260 e. The van der Waals surface area contributed by atoms with Crippen molar-refractivity contribution in [3.63, 3.8) is 0 Å². The van der Waals surface area contributed by atoms with Gasteiger partial charge in [-0.25, -0.2) is 0 Å². The van der Waals surface area contributed by atoms with E-state index in [1.165, 1.54) is 6.42 Å². The van der Waals surface area contributed by atoms with Gasteiger partial charge in [0.2, 0.25) is 0 Å². The topological polar surface area (TPSA) is 51.0 Å². The zero-order chi connectivity index (χ0) is 14.5. The summed E-state index contributed by atoms with van der Waals surface area (Å²) in [6, 6.07) is 8.48. The fourth-order valence-corrected chi connectivity index (χ4v) is 2.12. The van der Waals surface area contributed by atoms with Crippen LogP contribution in [0.5, 0.6) is 0 Å². The van der Waals surface area contributed by atoms with Gasteiger partial charge in [0.25, 0.3) is 5.89 Å². The Morgan fingerprint density at radius 1 is 1.15 bits per heavy atom. The van der Waals surface area contributed by atoms with Gasteiger partial charge in [0.15, 0.2) is 5.82 Å². The largest absolute Gasteiger partial charge is 0.382 e. The molecule has 1 atom stereocenters. The first-order chi connectivity index (χ1) is 9.56. The number of aryl methyl sites for hydroxylation is 1. The molecule has 2 rings (SSSR count). The van der Waals surface area contributed by atoms with Crippen LogP contribution < -0.4 is 5.32 Å². The zero-order valence-electron chi connectivity index (χ0n) is 12.7. The minimum atomic E-state index is 0.419. The van der Waals surface area contributed by atoms with E-state index in [-0.39, 0.29) is 0 Å². The quantitative estimate of drug-likeness (QED) is 0.853. The number of nitrogens with one attached hydrogen (secondary N) is 1. The summed E-state index contributed by atoms with van der Waals surface area (Å²) in [6.07, 6.45) is 2.37. The van der Waals surface area contributed by atoms with Crippen molar-refractivity contribution in [1.82, 2.24) is 10.1 Å². The Morgan fingerprint density at radius 3 is 2.55 bits per heavy atom. The van der Waals surface area contributed by atoms with Crippen molar-refractivity contribution in [3.8, 4) is 11.5 Å². The highest BCUT2D eigenvalue weighted by Gasteiger charge is 2.12. The van der Waals surface area contributed by atoms with Crippen molar-refractivity contribution in [3.05, 3.63) is 30.1 Å². The number of rotatable bonds is 6. The molecule has 0 amide bonds. The Morgan fingerprint density at radius 2 is 1.90 bits per heavy atom. The van der Waals surface area contributed by atoms with Crippen LogP contribution in [0.25, 0.3) is 11.5 Å². The Kier molecular flexibility index (Phi) is 4.77. The van der Waals surface area contributed by atoms with Gasteiger partial charge in [0.1, 0.15) is 0 Å². The van der Waals surface area contributed by atoms with Gasteiger partial charge in [0.05, 0.1) is 5.56 Å². The van der Waals surface area contributed by atoms with E-state index in [1.807, 2.05) is 25.1 Å². The summed E-state index contributed by atoms with van der Waals surface area (Å²) < 4.78 is 5.27. The molecule has 2 aromatic rings. The minimum Gasteiger partial charge on any atom is -0.382 e. The van der Waals surface area contributed by atoms with Crippen LogP contribution in [0.15, 0.2) is 28.8 Å². The lowest BCUT2D eigenvalue weighted by molar-refractivity contribution is 0.425. The molecule has 20 heavy (non-hydrogen) atoms. The first-order valence-corrected chi connectivity index (χ1v) is 7.22. The van der Waals surface area contributed by atoms with Crippen molar-refractivity contribution in [2.24, 2.45) is 5.92 Å². The van der Waals surface area contributed by atoms with E-state index >= 15 is 0 Å². The average Bonchev–Trinajstić information content (AvgIpc) is 2.83. The number of hydrogen-bond acceptors (Lipinski definition) is 4. The van der Waals surface area contributed by atoms with Crippen molar-refractivity contribution < 1.29 is 4.52 Å². The average molecular weight is 273 g/mol. The highest BCUT2D eigenvalue weighted by molar-refractivity contribution is 5.72. The van der Waals surface area contributed by atoms with Crippen LogP contribution in [-0.4, -0.2) is 16.2 Å². The zero-order valence-corrected chi connectivity index (χ0v) is 12.7. The molecule has 108 valence electrons. The molecule has 0 aliphatic rings. The highest BCUT2D eigenvalue weighted by Crippen LogP contribution is 2.27. The molecule has 4 nitrogen and oxygen atoms in total. The number of aromatic nitrogens is 2. The van der Waals surface area contributed by atoms with Crippen LogP contribution in [0.1, 0.15) is 39.4 Å². The molecular weight excluding hydrogens is 250 g/mol. The maximum absolute atomic E-state index is 5.27. The van der Waals surface area contributed by atoms with Gasteiger partial charge in [-0.15, -0.1) is 0 Å². The Bertz CT molecular complexity index is 548. The van der Waals surface area contributed by atoms with E-state index in [0.29, 0.717) is 17.8 Å². The molecular formula is C16H23N3O. The monoisotopic (exact) mass is 273 g/mol. The summed E-state index contributed by atoms with van der Waals surface area (Å²) in [5.74, 6) is 1.96. The van der Waals surface area contributed by atoms with Crippen molar-refractivity contribution >= 4 is 5.69 Å². The van der Waals surface area contributed by atoms with E-state index in [1.54, 1.807) is 0 Å². The molecule has 1 aromatic carbocycles. The molecule has 0 aliphatic carbocycles. The fraction of sp³-hybridized carbons (Fsp3) is 0.500. The minimum absolute atomic E-state index is 0.419. The second kappa shape index (κ2) is 6.55. The van der Waals surface area contributed by atoms with Crippen LogP contribution in [-0.2, 0) is 0 Å². The van der Waals surface area contributed by atoms with Crippen LogP contribution >= 0.6 is 0 Å². The lowest BCUT2D eigenvalue weighted by Crippen LogP contribution is -2.16. The number of benzene rings is 1. The Hall–Kier alpha value is -1.84. The molecule has 1 unspecified atom stereocenters. The van der Waals surface area contributed by atoms with Gasteiger partial charge >= 0.3 is 0 Å². The molecule has 0 aliphatic heterocycles. The van der Waals surface area contributed by atoms with E-state index in [4.69, 9.17) is 4.52 Å². The smallest absolute Gasteiger partial charge is 0.260 e. The van der Waals surface area contributed by atoms with Gasteiger partial charge < -0.3 is 9.84 Å². The van der Waals surface area contributed by atoms with Crippen molar-refractivity contribution in [1.29, 1.82) is 0 Å². The van der Waals surface area contributed by atoms with Crippen molar-refractivity contribution in [2.75, 3.05) is 5.32 Å². The Balaban J connectivity index is 2.12. The fourth-order valence-electron chi connectivity index (χ4n) is 2.12. The summed E-state index contributed by atoms with van der Waals surface area (Å²) in [7, 11) is 0. The SMILES string of the molecule is Cc1noc(-c2ccccc2NC(C)CCC(C)C)n1. The molecule has 1 N–H and O–H groups in total. The van der Waals surface area contributed by atoms with Crippen LogP contribution in [0.4, 0.5) is 5.69 Å². The molecule has 4 heteroatoms. The van der Waals surface area contributed by atoms with Gasteiger partial charge in [-0.2, -0.15) is 4.98 Å². The van der Waals surface area contributed by atoms with Crippen LogP contribution in [0, 0.1) is 12.8 Å². The summed E-state index contributed by atoms with van der Waals surface area (Å²) in [5.41, 5.74) is 2.01. The summed E-state index contributed by atoms with van der Waals surface area (Å²) in [5, 5.41) is 7.40. The second-order valence-corrected chi connectivity index (χ2v) is 5.71. The summed E-state index contributed by atoms with van der Waals surface area (Å²) >= 11 is 0. The lowest BCUT2D eigenvalue weighted by atomic mass is 10.0. The maximum atomic E-state index is 5.27. The molecule has 0 spiro atoms. The van der Waals surface area contributed by atoms with Crippen molar-refractivity contribution in [2.45, 2.75) is 46.6 Å². The molecule has 0 saturated carbocycles. The highest BCUT2D eigenvalue weighted by atomic mass is 16.5. The normalized spacial score (nSPS) is 12.7. The number of nitrogens with zero attached hydrogens (tertiary/aromatic N) is 2. The third-order valence-electron chi connectivity index (χ3n) is 3.26. The number of para-hydroxylation sites is 1. The van der Waals surface area contributed by atoms with Crippen LogP contribution in [0.3, 0.4) is 0 Å². The molecule has 1 aromatic heterocycles. The predicted octanol–water partition coefficient (Wildman–Crippen LogP) is 4.28. The summed E-state index contributed by atoms with van der Waals surface area (Å²) in [6.45, 7) is 8.54. The molecule has 1 heterocycles. The third kappa shape index (κ3) is 3.83. The van der Waals surface area contributed by atoms with Gasteiger partial charge in [-0.1, -0.05) is 31.1 Å². The number of anilines is 1. The standard InChI is InChI=1S/C16H23N3O/c1-11(2)9-10-12(3)17-15-8-6-5-7-14(15)16-18-13(4)19-20-16/h5-8,11-12,17H,9-10H2,1-4H3. The van der Waals surface area contributed by atoms with E-state index < -0.39 is 0 Å². The molecule has 0 saturated heterocycles. The van der Waals surface area contributed by atoms with Gasteiger partial charge in [-0.05, 0) is 44.7 Å². The molecule has 0 fully saturated rings. The first kappa shape index (κ1) is 14.6. The lowest BCUT2D eigenvalue weighted by Gasteiger charge is -2.17. The van der Waals surface area contributed by atoms with Crippen LogP contribution in [0.2, 0.25) is 0 Å². The second-order valence-electron chi connectivity index (χ2n) is 5.71. The van der Waals surface area contributed by atoms with Gasteiger partial charge in [-0.3, -0.25) is 0 Å². The Labute approximate surface area is 120 Å². The van der Waals surface area contributed by atoms with E-state index in [9.17, 15) is 0 Å². The molecule has 0 bridgehead atoms. The first-order valence-electron chi connectivity index (χ1n) is 7.22. The summed E-state index contributed by atoms with van der Waals surface area (Å²) in [4.78, 5) is 4.31. The third-order valence-corrected chi connectivity index (χ3v) is 3.26.